The Bertz CT molecular complexity index is 665. The molecule has 1 N–H and O–H groups in total. The van der Waals surface area contributed by atoms with Gasteiger partial charge in [0.25, 0.3) is 5.91 Å². The maximum atomic E-state index is 12.7. The molecule has 0 unspecified atom stereocenters. The van der Waals surface area contributed by atoms with Crippen LogP contribution in [0.4, 0.5) is 0 Å². The van der Waals surface area contributed by atoms with Gasteiger partial charge >= 0.3 is 0 Å². The number of carbonyl (C=O) groups is 1. The molecule has 1 atom stereocenters. The Morgan fingerprint density at radius 3 is 2.21 bits per heavy atom. The van der Waals surface area contributed by atoms with Crippen molar-refractivity contribution in [1.82, 2.24) is 9.21 Å². The number of methoxy groups -OCH3 is 1. The minimum atomic E-state index is -3.50. The van der Waals surface area contributed by atoms with Crippen LogP contribution in [0.3, 0.4) is 0 Å². The maximum absolute atomic E-state index is 12.7. The Morgan fingerprint density at radius 2 is 1.75 bits per heavy atom. The van der Waals surface area contributed by atoms with Crippen LogP contribution >= 0.6 is 0 Å². The third kappa shape index (κ3) is 3.88. The standard InChI is InChI=1S/C16H25N3O4S/c1-13(16(20)17(2)3)18-9-11-19(12-10-18)24(21,22)15-7-5-14(23-4)6-8-15/h5-8,13H,9-12H2,1-4H3/p+1/t13-/m1/s1. The quantitative estimate of drug-likeness (QED) is 0.739. The largest absolute Gasteiger partial charge is 0.497 e. The first kappa shape index (κ1) is 18.7. The molecule has 1 fully saturated rings. The number of hydrogen-bond donors (Lipinski definition) is 1. The molecule has 1 amide bonds. The minimum absolute atomic E-state index is 0.0662. The van der Waals surface area contributed by atoms with Crippen molar-refractivity contribution in [2.45, 2.75) is 17.9 Å². The Labute approximate surface area is 143 Å². The van der Waals surface area contributed by atoms with Crippen molar-refractivity contribution in [1.29, 1.82) is 0 Å². The van der Waals surface area contributed by atoms with Crippen molar-refractivity contribution >= 4 is 15.9 Å². The fourth-order valence-electron chi connectivity index (χ4n) is 2.91. The van der Waals surface area contributed by atoms with E-state index in [-0.39, 0.29) is 16.8 Å². The van der Waals surface area contributed by atoms with E-state index in [2.05, 4.69) is 0 Å². The van der Waals surface area contributed by atoms with Gasteiger partial charge in [-0.1, -0.05) is 0 Å². The second-order valence-electron chi connectivity index (χ2n) is 6.19. The molecule has 0 saturated carbocycles. The van der Waals surface area contributed by atoms with Crippen LogP contribution in [-0.2, 0) is 14.8 Å². The zero-order chi connectivity index (χ0) is 17.9. The first-order chi connectivity index (χ1) is 11.3. The van der Waals surface area contributed by atoms with Crippen LogP contribution < -0.4 is 9.64 Å². The third-order valence-corrected chi connectivity index (χ3v) is 6.40. The zero-order valence-corrected chi connectivity index (χ0v) is 15.5. The summed E-state index contributed by atoms with van der Waals surface area (Å²) in [6.07, 6.45) is 0. The molecule has 1 aromatic rings. The predicted molar refractivity (Wildman–Crippen MR) is 90.6 cm³/mol. The van der Waals surface area contributed by atoms with Gasteiger partial charge in [0.15, 0.2) is 6.04 Å². The third-order valence-electron chi connectivity index (χ3n) is 4.49. The predicted octanol–water partition coefficient (Wildman–Crippen LogP) is -0.939. The summed E-state index contributed by atoms with van der Waals surface area (Å²) in [6, 6.07) is 6.25. The summed E-state index contributed by atoms with van der Waals surface area (Å²) in [5.41, 5.74) is 0. The molecule has 0 spiro atoms. The molecule has 0 aliphatic carbocycles. The number of nitrogens with one attached hydrogen (secondary N) is 1. The molecule has 7 nitrogen and oxygen atoms in total. The van der Waals surface area contributed by atoms with Crippen LogP contribution in [0.25, 0.3) is 0 Å². The maximum Gasteiger partial charge on any atom is 0.280 e. The van der Waals surface area contributed by atoms with Crippen LogP contribution in [0, 0.1) is 0 Å². The highest BCUT2D eigenvalue weighted by Crippen LogP contribution is 2.19. The van der Waals surface area contributed by atoms with Gasteiger partial charge < -0.3 is 14.5 Å². The molecule has 1 aromatic carbocycles. The number of rotatable bonds is 5. The van der Waals surface area contributed by atoms with Gasteiger partial charge in [-0.2, -0.15) is 4.31 Å². The highest BCUT2D eigenvalue weighted by molar-refractivity contribution is 7.89. The smallest absolute Gasteiger partial charge is 0.280 e. The molecule has 8 heteroatoms. The van der Waals surface area contributed by atoms with Crippen molar-refractivity contribution in [3.63, 3.8) is 0 Å². The van der Waals surface area contributed by atoms with Gasteiger partial charge in [0, 0.05) is 14.1 Å². The van der Waals surface area contributed by atoms with Crippen molar-refractivity contribution in [2.75, 3.05) is 47.4 Å². The van der Waals surface area contributed by atoms with Gasteiger partial charge in [-0.25, -0.2) is 8.42 Å². The van der Waals surface area contributed by atoms with Gasteiger partial charge in [0.05, 0.1) is 38.2 Å². The first-order valence-electron chi connectivity index (χ1n) is 7.97. The molecule has 1 heterocycles. The monoisotopic (exact) mass is 356 g/mol. The summed E-state index contributed by atoms with van der Waals surface area (Å²) in [5, 5.41) is 0. The summed E-state index contributed by atoms with van der Waals surface area (Å²) < 4.78 is 32.0. The molecular weight excluding hydrogens is 330 g/mol. The molecule has 0 bridgehead atoms. The van der Waals surface area contributed by atoms with E-state index in [0.29, 0.717) is 31.9 Å². The van der Waals surface area contributed by atoms with Crippen molar-refractivity contribution in [2.24, 2.45) is 0 Å². The number of likely N-dealkylation sites (N-methyl/N-ethyl adjacent to an activating group) is 1. The lowest BCUT2D eigenvalue weighted by Gasteiger charge is -2.34. The van der Waals surface area contributed by atoms with E-state index in [0.717, 1.165) is 4.90 Å². The molecule has 0 aromatic heterocycles. The van der Waals surface area contributed by atoms with Crippen LogP contribution in [-0.4, -0.2) is 77.0 Å². The van der Waals surface area contributed by atoms with Crippen LogP contribution in [0.2, 0.25) is 0 Å². The Kier molecular flexibility index (Phi) is 5.84. The second kappa shape index (κ2) is 7.50. The fraction of sp³-hybridized carbons (Fsp3) is 0.562. The van der Waals surface area contributed by atoms with Gasteiger partial charge in [-0.3, -0.25) is 4.79 Å². The summed E-state index contributed by atoms with van der Waals surface area (Å²) in [6.45, 7) is 3.96. The van der Waals surface area contributed by atoms with Crippen LogP contribution in [0.15, 0.2) is 29.2 Å². The number of amides is 1. The number of ether oxygens (including phenoxy) is 1. The summed E-state index contributed by atoms with van der Waals surface area (Å²) >= 11 is 0. The van der Waals surface area contributed by atoms with Crippen LogP contribution in [0.5, 0.6) is 5.75 Å². The van der Waals surface area contributed by atoms with Gasteiger partial charge in [0.2, 0.25) is 10.0 Å². The lowest BCUT2D eigenvalue weighted by atomic mass is 10.2. The van der Waals surface area contributed by atoms with Crippen molar-refractivity contribution < 1.29 is 22.8 Å². The molecule has 134 valence electrons. The van der Waals surface area contributed by atoms with E-state index in [4.69, 9.17) is 4.74 Å². The Morgan fingerprint density at radius 1 is 1.21 bits per heavy atom. The number of piperazine rings is 1. The second-order valence-corrected chi connectivity index (χ2v) is 8.13. The molecule has 1 aliphatic rings. The average Bonchev–Trinajstić information content (AvgIpc) is 2.60. The fourth-order valence-corrected chi connectivity index (χ4v) is 4.35. The molecule has 24 heavy (non-hydrogen) atoms. The molecule has 1 aliphatic heterocycles. The van der Waals surface area contributed by atoms with E-state index >= 15 is 0 Å². The van der Waals surface area contributed by atoms with Gasteiger partial charge in [-0.05, 0) is 31.2 Å². The summed E-state index contributed by atoms with van der Waals surface area (Å²) in [4.78, 5) is 15.0. The number of benzene rings is 1. The van der Waals surface area contributed by atoms with Gasteiger partial charge in [0.1, 0.15) is 5.75 Å². The van der Waals surface area contributed by atoms with E-state index in [1.54, 1.807) is 50.4 Å². The molecule has 1 saturated heterocycles. The Hall–Kier alpha value is -1.64. The van der Waals surface area contributed by atoms with Gasteiger partial charge in [-0.15, -0.1) is 0 Å². The SMILES string of the molecule is COc1ccc(S(=O)(=O)N2CC[NH+]([C@H](C)C(=O)N(C)C)CC2)cc1. The molecular formula is C16H26N3O4S+. The first-order valence-corrected chi connectivity index (χ1v) is 9.41. The minimum Gasteiger partial charge on any atom is -0.497 e. The van der Waals surface area contributed by atoms with Crippen molar-refractivity contribution in [3.8, 4) is 5.75 Å². The van der Waals surface area contributed by atoms with E-state index in [9.17, 15) is 13.2 Å². The lowest BCUT2D eigenvalue weighted by molar-refractivity contribution is -0.917. The highest BCUT2D eigenvalue weighted by Gasteiger charge is 2.34. The summed E-state index contributed by atoms with van der Waals surface area (Å²) in [5.74, 6) is 0.690. The molecule has 2 rings (SSSR count). The molecule has 0 radical (unpaired) electrons. The van der Waals surface area contributed by atoms with E-state index in [1.165, 1.54) is 4.31 Å². The van der Waals surface area contributed by atoms with Crippen LogP contribution in [0.1, 0.15) is 6.92 Å². The number of quaternary nitrogens is 1. The lowest BCUT2D eigenvalue weighted by Crippen LogP contribution is -3.19. The normalized spacial score (nSPS) is 18.2. The van der Waals surface area contributed by atoms with E-state index < -0.39 is 10.0 Å². The average molecular weight is 356 g/mol. The van der Waals surface area contributed by atoms with Crippen molar-refractivity contribution in [3.05, 3.63) is 24.3 Å². The number of carbonyl (C=O) groups excluding carboxylic acids is 1. The summed E-state index contributed by atoms with van der Waals surface area (Å²) in [7, 11) is 1.52. The number of nitrogens with zero attached hydrogens (tertiary/aromatic N) is 2. The Balaban J connectivity index is 2.03. The number of hydrogen-bond acceptors (Lipinski definition) is 4. The van der Waals surface area contributed by atoms with E-state index in [1.807, 2.05) is 6.92 Å². The highest BCUT2D eigenvalue weighted by atomic mass is 32.2. The zero-order valence-electron chi connectivity index (χ0n) is 14.7. The topological polar surface area (TPSA) is 71.4 Å². The number of sulfonamides is 1.